The van der Waals surface area contributed by atoms with Gasteiger partial charge in [-0.1, -0.05) is 36.6 Å². The first-order valence-corrected chi connectivity index (χ1v) is 9.79. The van der Waals surface area contributed by atoms with Gasteiger partial charge in [-0.25, -0.2) is 22.0 Å². The molecule has 0 aromatic heterocycles. The van der Waals surface area contributed by atoms with Crippen LogP contribution in [0, 0.1) is 40.9 Å². The molecule has 0 atom stereocenters. The summed E-state index contributed by atoms with van der Waals surface area (Å²) in [6.45, 7) is 3.55. The summed E-state index contributed by atoms with van der Waals surface area (Å²) in [7, 11) is 0. The summed E-state index contributed by atoms with van der Waals surface area (Å²) in [6, 6.07) is 12.6. The Balaban J connectivity index is 1.63. The van der Waals surface area contributed by atoms with Crippen molar-refractivity contribution in [1.29, 1.82) is 0 Å². The van der Waals surface area contributed by atoms with Gasteiger partial charge in [0.25, 0.3) is 0 Å². The van der Waals surface area contributed by atoms with Gasteiger partial charge in [-0.05, 0) is 52.7 Å². The molecule has 4 aromatic rings. The van der Waals surface area contributed by atoms with Crippen LogP contribution in [0.25, 0.3) is 21.9 Å². The molecule has 4 aromatic carbocycles. The van der Waals surface area contributed by atoms with E-state index in [2.05, 4.69) is 18.4 Å². The molecular formula is C27H15F5O. The van der Waals surface area contributed by atoms with Gasteiger partial charge in [-0.15, -0.1) is 0 Å². The highest BCUT2D eigenvalue weighted by Crippen LogP contribution is 2.31. The Labute approximate surface area is 186 Å². The van der Waals surface area contributed by atoms with E-state index >= 15 is 0 Å². The van der Waals surface area contributed by atoms with E-state index in [-0.39, 0.29) is 29.0 Å². The van der Waals surface area contributed by atoms with E-state index in [0.29, 0.717) is 16.3 Å². The van der Waals surface area contributed by atoms with Crippen molar-refractivity contribution in [1.82, 2.24) is 0 Å². The highest BCUT2D eigenvalue weighted by atomic mass is 19.2. The van der Waals surface area contributed by atoms with Crippen molar-refractivity contribution >= 4 is 10.8 Å². The summed E-state index contributed by atoms with van der Waals surface area (Å²) < 4.78 is 75.5. The van der Waals surface area contributed by atoms with E-state index in [0.717, 1.165) is 30.3 Å². The molecule has 0 radical (unpaired) electrons. The van der Waals surface area contributed by atoms with Gasteiger partial charge >= 0.3 is 0 Å². The van der Waals surface area contributed by atoms with Crippen molar-refractivity contribution in [3.8, 4) is 28.7 Å². The Morgan fingerprint density at radius 2 is 1.39 bits per heavy atom. The molecule has 0 saturated heterocycles. The number of benzene rings is 4. The quantitative estimate of drug-likeness (QED) is 0.182. The number of hydrogen-bond acceptors (Lipinski definition) is 1. The molecule has 0 aliphatic rings. The average Bonchev–Trinajstić information content (AvgIpc) is 2.77. The summed E-state index contributed by atoms with van der Waals surface area (Å²) in [5.74, 6) is 0.920. The second kappa shape index (κ2) is 9.17. The molecule has 0 N–H and O–H groups in total. The molecule has 164 valence electrons. The molecule has 33 heavy (non-hydrogen) atoms. The van der Waals surface area contributed by atoms with Crippen LogP contribution in [0.1, 0.15) is 11.1 Å². The van der Waals surface area contributed by atoms with E-state index in [1.54, 1.807) is 18.2 Å². The molecule has 1 nitrogen and oxygen atoms in total. The third kappa shape index (κ3) is 4.73. The first-order chi connectivity index (χ1) is 15.9. The monoisotopic (exact) mass is 450 g/mol. The first-order valence-electron chi connectivity index (χ1n) is 9.79. The van der Waals surface area contributed by atoms with Crippen molar-refractivity contribution in [3.05, 3.63) is 114 Å². The minimum atomic E-state index is -0.978. The van der Waals surface area contributed by atoms with Crippen LogP contribution in [0.5, 0.6) is 5.75 Å². The fraction of sp³-hybridized carbons (Fsp3) is 0.0370. The summed E-state index contributed by atoms with van der Waals surface area (Å²) in [6.07, 6.45) is 1.44. The zero-order valence-electron chi connectivity index (χ0n) is 17.1. The van der Waals surface area contributed by atoms with Crippen molar-refractivity contribution < 1.29 is 26.7 Å². The first kappa shape index (κ1) is 22.1. The van der Waals surface area contributed by atoms with Crippen molar-refractivity contribution in [2.45, 2.75) is 0 Å². The molecule has 0 amide bonds. The van der Waals surface area contributed by atoms with E-state index in [4.69, 9.17) is 4.74 Å². The van der Waals surface area contributed by atoms with E-state index in [1.165, 1.54) is 18.2 Å². The molecule has 6 heteroatoms. The standard InChI is InChI=1S/C27H15F5O/c1-2-9-33-21-14-25(31)27(26(32)15-21)19-8-7-17(22(28)12-19)5-3-16-4-6-18-11-23(29)24(30)13-20(18)10-16/h2,4,6-8,10-15H,1,9H2. The molecule has 0 saturated carbocycles. The molecule has 0 spiro atoms. The van der Waals surface area contributed by atoms with Crippen molar-refractivity contribution in [2.75, 3.05) is 6.61 Å². The van der Waals surface area contributed by atoms with Crippen LogP contribution in [-0.2, 0) is 0 Å². The number of hydrogen-bond donors (Lipinski definition) is 0. The zero-order valence-corrected chi connectivity index (χ0v) is 17.1. The smallest absolute Gasteiger partial charge is 0.159 e. The maximum absolute atomic E-state index is 14.6. The van der Waals surface area contributed by atoms with Gasteiger partial charge in [0.2, 0.25) is 0 Å². The average molecular weight is 450 g/mol. The summed E-state index contributed by atoms with van der Waals surface area (Å²) in [4.78, 5) is 0. The lowest BCUT2D eigenvalue weighted by molar-refractivity contribution is 0.358. The SMILES string of the molecule is C=CCOc1cc(F)c(-c2ccc(C#Cc3ccc4cc(F)c(F)cc4c3)c(F)c2)c(F)c1. The van der Waals surface area contributed by atoms with Crippen molar-refractivity contribution in [2.24, 2.45) is 0 Å². The molecular weight excluding hydrogens is 435 g/mol. The lowest BCUT2D eigenvalue weighted by atomic mass is 10.0. The van der Waals surface area contributed by atoms with Crippen LogP contribution < -0.4 is 4.74 Å². The van der Waals surface area contributed by atoms with Gasteiger partial charge in [0, 0.05) is 17.7 Å². The lowest BCUT2D eigenvalue weighted by Crippen LogP contribution is -1.97. The van der Waals surface area contributed by atoms with Gasteiger partial charge in [0.1, 0.15) is 29.8 Å². The van der Waals surface area contributed by atoms with Crippen LogP contribution in [0.4, 0.5) is 22.0 Å². The third-order valence-electron chi connectivity index (χ3n) is 4.86. The fourth-order valence-electron chi connectivity index (χ4n) is 3.30. The maximum Gasteiger partial charge on any atom is 0.159 e. The van der Waals surface area contributed by atoms with Crippen LogP contribution >= 0.6 is 0 Å². The Hall–Kier alpha value is -4.11. The van der Waals surface area contributed by atoms with Crippen LogP contribution in [0.15, 0.2) is 73.3 Å². The summed E-state index contributed by atoms with van der Waals surface area (Å²) in [5, 5.41) is 0.947. The Morgan fingerprint density at radius 1 is 0.697 bits per heavy atom. The predicted molar refractivity (Wildman–Crippen MR) is 117 cm³/mol. The molecule has 0 aliphatic carbocycles. The predicted octanol–water partition coefficient (Wildman–Crippen LogP) is 7.17. The Morgan fingerprint density at radius 3 is 2.06 bits per heavy atom. The molecule has 0 heterocycles. The van der Waals surface area contributed by atoms with Gasteiger partial charge in [-0.3, -0.25) is 0 Å². The minimum Gasteiger partial charge on any atom is -0.489 e. The largest absolute Gasteiger partial charge is 0.489 e. The second-order valence-electron chi connectivity index (χ2n) is 7.13. The van der Waals surface area contributed by atoms with E-state index in [1.807, 2.05) is 0 Å². The van der Waals surface area contributed by atoms with Gasteiger partial charge in [0.15, 0.2) is 11.6 Å². The van der Waals surface area contributed by atoms with Crippen LogP contribution in [0.3, 0.4) is 0 Å². The number of halogens is 5. The molecule has 0 unspecified atom stereocenters. The highest BCUT2D eigenvalue weighted by Gasteiger charge is 2.15. The molecule has 0 bridgehead atoms. The Kier molecular flexibility index (Phi) is 6.14. The number of fused-ring (bicyclic) bond motifs is 1. The Bertz CT molecular complexity index is 1420. The van der Waals surface area contributed by atoms with E-state index in [9.17, 15) is 22.0 Å². The van der Waals surface area contributed by atoms with Crippen molar-refractivity contribution in [3.63, 3.8) is 0 Å². The minimum absolute atomic E-state index is 0.00499. The third-order valence-corrected chi connectivity index (χ3v) is 4.86. The summed E-state index contributed by atoms with van der Waals surface area (Å²) >= 11 is 0. The van der Waals surface area contributed by atoms with Crippen LogP contribution in [0.2, 0.25) is 0 Å². The zero-order chi connectivity index (χ0) is 23.5. The van der Waals surface area contributed by atoms with Gasteiger partial charge < -0.3 is 4.74 Å². The lowest BCUT2D eigenvalue weighted by Gasteiger charge is -2.09. The van der Waals surface area contributed by atoms with Gasteiger partial charge in [-0.2, -0.15) is 0 Å². The molecule has 4 rings (SSSR count). The molecule has 0 aliphatic heterocycles. The second-order valence-corrected chi connectivity index (χ2v) is 7.13. The fourth-order valence-corrected chi connectivity index (χ4v) is 3.30. The topological polar surface area (TPSA) is 9.23 Å². The molecule has 0 fully saturated rings. The van der Waals surface area contributed by atoms with Gasteiger partial charge in [0.05, 0.1) is 11.1 Å². The number of rotatable bonds is 4. The normalized spacial score (nSPS) is 10.6. The highest BCUT2D eigenvalue weighted by molar-refractivity contribution is 5.84. The number of ether oxygens (including phenoxy) is 1. The van der Waals surface area contributed by atoms with E-state index < -0.39 is 29.1 Å². The maximum atomic E-state index is 14.6. The summed E-state index contributed by atoms with van der Waals surface area (Å²) in [5.41, 5.74) is 0.0924. The van der Waals surface area contributed by atoms with Crippen LogP contribution in [-0.4, -0.2) is 6.61 Å².